The molecule has 0 unspecified atom stereocenters. The van der Waals surface area contributed by atoms with Gasteiger partial charge < -0.3 is 10.1 Å². The van der Waals surface area contributed by atoms with Gasteiger partial charge in [-0.1, -0.05) is 38.8 Å². The topological polar surface area (TPSA) is 21.3 Å². The second-order valence-electron chi connectivity index (χ2n) is 5.30. The highest BCUT2D eigenvalue weighted by Gasteiger charge is 2.19. The molecule has 2 rings (SSSR count). The van der Waals surface area contributed by atoms with E-state index >= 15 is 0 Å². The van der Waals surface area contributed by atoms with E-state index in [1.54, 1.807) is 0 Å². The molecule has 1 aliphatic rings. The summed E-state index contributed by atoms with van der Waals surface area (Å²) in [5, 5.41) is 3.53. The third-order valence-corrected chi connectivity index (χ3v) is 3.71. The van der Waals surface area contributed by atoms with E-state index < -0.39 is 0 Å². The average molecular weight is 247 g/mol. The molecule has 0 atom stereocenters. The summed E-state index contributed by atoms with van der Waals surface area (Å²) in [7, 11) is 0. The minimum Gasteiger partial charge on any atom is -0.493 e. The zero-order valence-corrected chi connectivity index (χ0v) is 11.6. The van der Waals surface area contributed by atoms with Crippen molar-refractivity contribution in [3.8, 4) is 5.75 Å². The van der Waals surface area contributed by atoms with Gasteiger partial charge >= 0.3 is 0 Å². The van der Waals surface area contributed by atoms with Crippen LogP contribution in [0.3, 0.4) is 0 Å². The number of hydrogen-bond donors (Lipinski definition) is 1. The van der Waals surface area contributed by atoms with Crippen LogP contribution in [0.25, 0.3) is 0 Å². The maximum atomic E-state index is 5.89. The lowest BCUT2D eigenvalue weighted by molar-refractivity contribution is 0.240. The summed E-state index contributed by atoms with van der Waals surface area (Å²) in [6.07, 6.45) is 5.06. The van der Waals surface area contributed by atoms with Gasteiger partial charge in [-0.15, -0.1) is 0 Å². The smallest absolute Gasteiger partial charge is 0.119 e. The maximum absolute atomic E-state index is 5.89. The third kappa shape index (κ3) is 4.34. The minimum atomic E-state index is 0.679. The molecule has 1 fully saturated rings. The number of nitrogens with one attached hydrogen (secondary N) is 1. The molecule has 0 heterocycles. The lowest BCUT2D eigenvalue weighted by Crippen LogP contribution is -2.15. The first-order valence-corrected chi connectivity index (χ1v) is 7.27. The lowest BCUT2D eigenvalue weighted by Gasteiger charge is -2.14. The first kappa shape index (κ1) is 13.4. The van der Waals surface area contributed by atoms with Crippen molar-refractivity contribution in [3.63, 3.8) is 0 Å². The summed E-state index contributed by atoms with van der Waals surface area (Å²) < 4.78 is 5.89. The number of ether oxygens (including phenoxy) is 1. The Morgan fingerprint density at radius 3 is 2.72 bits per heavy atom. The van der Waals surface area contributed by atoms with E-state index in [9.17, 15) is 0 Å². The van der Waals surface area contributed by atoms with Crippen LogP contribution in [-0.4, -0.2) is 12.6 Å². The van der Waals surface area contributed by atoms with Gasteiger partial charge in [0.25, 0.3) is 0 Å². The Morgan fingerprint density at radius 1 is 1.28 bits per heavy atom. The highest BCUT2D eigenvalue weighted by molar-refractivity contribution is 5.28. The fraction of sp³-hybridized carbons (Fsp3) is 0.625. The van der Waals surface area contributed by atoms with E-state index in [2.05, 4.69) is 43.4 Å². The van der Waals surface area contributed by atoms with Crippen LogP contribution in [-0.2, 0) is 6.54 Å². The molecule has 0 radical (unpaired) electrons. The van der Waals surface area contributed by atoms with E-state index in [-0.39, 0.29) is 0 Å². The molecule has 0 aliphatic heterocycles. The van der Waals surface area contributed by atoms with Crippen LogP contribution in [0, 0.1) is 5.92 Å². The lowest BCUT2D eigenvalue weighted by atomic mass is 10.1. The van der Waals surface area contributed by atoms with Crippen molar-refractivity contribution >= 4 is 0 Å². The Balaban J connectivity index is 1.81. The molecule has 1 aliphatic carbocycles. The monoisotopic (exact) mass is 247 g/mol. The standard InChI is InChI=1S/C16H25NO/c1-3-13(4-2)12-18-16-7-5-6-14(10-16)11-17-15-8-9-15/h5-7,10,13,15,17H,3-4,8-9,11-12H2,1-2H3. The third-order valence-electron chi connectivity index (χ3n) is 3.71. The van der Waals surface area contributed by atoms with Gasteiger partial charge in [0.2, 0.25) is 0 Å². The zero-order chi connectivity index (χ0) is 12.8. The number of benzene rings is 1. The van der Waals surface area contributed by atoms with E-state index in [0.717, 1.165) is 24.9 Å². The molecular formula is C16H25NO. The molecule has 0 saturated heterocycles. The Hall–Kier alpha value is -1.02. The number of hydrogen-bond acceptors (Lipinski definition) is 2. The molecular weight excluding hydrogens is 222 g/mol. The van der Waals surface area contributed by atoms with Gasteiger partial charge in [0.15, 0.2) is 0 Å². The first-order valence-electron chi connectivity index (χ1n) is 7.27. The summed E-state index contributed by atoms with van der Waals surface area (Å²) in [4.78, 5) is 0. The van der Waals surface area contributed by atoms with Crippen LogP contribution < -0.4 is 10.1 Å². The Labute approximate surface area is 111 Å². The normalized spacial score (nSPS) is 15.1. The van der Waals surface area contributed by atoms with Gasteiger partial charge in [0, 0.05) is 12.6 Å². The van der Waals surface area contributed by atoms with Crippen LogP contribution in [0.4, 0.5) is 0 Å². The fourth-order valence-corrected chi connectivity index (χ4v) is 2.03. The van der Waals surface area contributed by atoms with Gasteiger partial charge in [-0.3, -0.25) is 0 Å². The van der Waals surface area contributed by atoms with Crippen LogP contribution in [0.5, 0.6) is 5.75 Å². The highest BCUT2D eigenvalue weighted by Crippen LogP contribution is 2.20. The summed E-state index contributed by atoms with van der Waals surface area (Å²) >= 11 is 0. The van der Waals surface area contributed by atoms with Gasteiger partial charge in [0.05, 0.1) is 6.61 Å². The molecule has 2 nitrogen and oxygen atoms in total. The Kier molecular flexibility index (Phi) is 5.06. The summed E-state index contributed by atoms with van der Waals surface area (Å²) in [5.41, 5.74) is 1.32. The molecule has 2 heteroatoms. The van der Waals surface area contributed by atoms with E-state index in [1.807, 2.05) is 0 Å². The molecule has 100 valence electrons. The average Bonchev–Trinajstić information content (AvgIpc) is 3.22. The molecule has 1 N–H and O–H groups in total. The van der Waals surface area contributed by atoms with E-state index in [4.69, 9.17) is 4.74 Å². The Morgan fingerprint density at radius 2 is 2.06 bits per heavy atom. The fourth-order valence-electron chi connectivity index (χ4n) is 2.03. The van der Waals surface area contributed by atoms with E-state index in [0.29, 0.717) is 5.92 Å². The Bertz CT molecular complexity index is 356. The van der Waals surface area contributed by atoms with E-state index in [1.165, 1.54) is 31.2 Å². The van der Waals surface area contributed by atoms with Crippen molar-refractivity contribution in [3.05, 3.63) is 29.8 Å². The minimum absolute atomic E-state index is 0.679. The largest absolute Gasteiger partial charge is 0.493 e. The van der Waals surface area contributed by atoms with Gasteiger partial charge in [-0.25, -0.2) is 0 Å². The molecule has 0 bridgehead atoms. The second-order valence-corrected chi connectivity index (χ2v) is 5.30. The maximum Gasteiger partial charge on any atom is 0.119 e. The number of rotatable bonds is 8. The van der Waals surface area contributed by atoms with Crippen molar-refractivity contribution in [2.75, 3.05) is 6.61 Å². The molecule has 1 aromatic carbocycles. The van der Waals surface area contributed by atoms with Crippen molar-refractivity contribution in [1.29, 1.82) is 0 Å². The quantitative estimate of drug-likeness (QED) is 0.755. The SMILES string of the molecule is CCC(CC)COc1cccc(CNC2CC2)c1. The predicted octanol–water partition coefficient (Wildman–Crippen LogP) is 3.75. The van der Waals surface area contributed by atoms with Gasteiger partial charge in [-0.05, 0) is 36.5 Å². The molecule has 0 amide bonds. The van der Waals surface area contributed by atoms with Crippen LogP contribution in [0.2, 0.25) is 0 Å². The van der Waals surface area contributed by atoms with Crippen molar-refractivity contribution in [2.45, 2.75) is 52.1 Å². The van der Waals surface area contributed by atoms with Crippen LogP contribution >= 0.6 is 0 Å². The summed E-state index contributed by atoms with van der Waals surface area (Å²) in [6.45, 7) is 6.26. The zero-order valence-electron chi connectivity index (χ0n) is 11.6. The van der Waals surface area contributed by atoms with Crippen LogP contribution in [0.15, 0.2) is 24.3 Å². The summed E-state index contributed by atoms with van der Waals surface area (Å²) in [6, 6.07) is 9.24. The highest BCUT2D eigenvalue weighted by atomic mass is 16.5. The molecule has 0 aromatic heterocycles. The predicted molar refractivity (Wildman–Crippen MR) is 75.9 cm³/mol. The van der Waals surface area contributed by atoms with Gasteiger partial charge in [0.1, 0.15) is 5.75 Å². The molecule has 1 aromatic rings. The first-order chi connectivity index (χ1) is 8.81. The summed E-state index contributed by atoms with van der Waals surface area (Å²) in [5.74, 6) is 1.69. The second kappa shape index (κ2) is 6.79. The van der Waals surface area contributed by atoms with Crippen molar-refractivity contribution in [2.24, 2.45) is 5.92 Å². The molecule has 0 spiro atoms. The van der Waals surface area contributed by atoms with Gasteiger partial charge in [-0.2, -0.15) is 0 Å². The molecule has 18 heavy (non-hydrogen) atoms. The van der Waals surface area contributed by atoms with Crippen LogP contribution in [0.1, 0.15) is 45.1 Å². The van der Waals surface area contributed by atoms with Crippen molar-refractivity contribution in [1.82, 2.24) is 5.32 Å². The van der Waals surface area contributed by atoms with Crippen molar-refractivity contribution < 1.29 is 4.74 Å². The molecule has 1 saturated carbocycles.